The number of carbonyl (C=O) groups excluding carboxylic acids is 1. The number of ether oxygens (including phenoxy) is 1. The van der Waals surface area contributed by atoms with Crippen LogP contribution >= 0.6 is 0 Å². The minimum Gasteiger partial charge on any atom is -0.426 e. The molecule has 4 aliphatic rings. The van der Waals surface area contributed by atoms with Crippen LogP contribution in [0.15, 0.2) is 24.3 Å². The number of carbonyl (C=O) groups is 1. The molecule has 2 heteroatoms. The lowest BCUT2D eigenvalue weighted by Crippen LogP contribution is -2.51. The van der Waals surface area contributed by atoms with Gasteiger partial charge in [-0.25, -0.2) is 0 Å². The van der Waals surface area contributed by atoms with E-state index in [4.69, 9.17) is 4.74 Å². The maximum atomic E-state index is 13.1. The molecule has 0 unspecified atom stereocenters. The summed E-state index contributed by atoms with van der Waals surface area (Å²) in [6, 6.07) is 8.33. The molecule has 2 nitrogen and oxygen atoms in total. The first kappa shape index (κ1) is 18.1. The maximum Gasteiger partial charge on any atom is 0.317 e. The number of hydrogen-bond acceptors (Lipinski definition) is 2. The minimum absolute atomic E-state index is 0.0496. The van der Waals surface area contributed by atoms with Gasteiger partial charge in [-0.1, -0.05) is 39.8 Å². The first-order valence-electron chi connectivity index (χ1n) is 10.7. The van der Waals surface area contributed by atoms with Gasteiger partial charge < -0.3 is 4.74 Å². The lowest BCUT2D eigenvalue weighted by Gasteiger charge is -2.55. The van der Waals surface area contributed by atoms with E-state index in [1.165, 1.54) is 24.8 Å². The van der Waals surface area contributed by atoms with Crippen molar-refractivity contribution in [1.82, 2.24) is 0 Å². The first-order valence-corrected chi connectivity index (χ1v) is 10.7. The van der Waals surface area contributed by atoms with Gasteiger partial charge in [-0.15, -0.1) is 0 Å². The van der Waals surface area contributed by atoms with Gasteiger partial charge in [-0.3, -0.25) is 4.79 Å². The van der Waals surface area contributed by atoms with Gasteiger partial charge in [-0.2, -0.15) is 0 Å². The fourth-order valence-electron chi connectivity index (χ4n) is 6.87. The summed E-state index contributed by atoms with van der Waals surface area (Å²) in [6.45, 7) is 9.13. The molecule has 5 rings (SSSR count). The Labute approximate surface area is 158 Å². The third-order valence-corrected chi connectivity index (χ3v) is 7.38. The van der Waals surface area contributed by atoms with Crippen LogP contribution in [0.5, 0.6) is 5.75 Å². The fraction of sp³-hybridized carbons (Fsp3) is 0.708. The molecule has 26 heavy (non-hydrogen) atoms. The van der Waals surface area contributed by atoms with Crippen molar-refractivity contribution in [2.45, 2.75) is 72.1 Å². The standard InChI is InChI=1S/C24H34O2/c1-15(2)22(16(3)4)20-5-7-21(8-6-20)26-23(25)24-12-17-9-18(13-24)11-19(10-17)14-24/h5-8,15-19,22H,9-14H2,1-4H3. The minimum atomic E-state index is -0.175. The molecule has 0 aliphatic heterocycles. The summed E-state index contributed by atoms with van der Waals surface area (Å²) < 4.78 is 5.92. The van der Waals surface area contributed by atoms with Gasteiger partial charge in [0.15, 0.2) is 0 Å². The summed E-state index contributed by atoms with van der Waals surface area (Å²) in [4.78, 5) is 13.1. The lowest BCUT2D eigenvalue weighted by atomic mass is 9.49. The number of hydrogen-bond donors (Lipinski definition) is 0. The van der Waals surface area contributed by atoms with Crippen molar-refractivity contribution >= 4 is 5.97 Å². The van der Waals surface area contributed by atoms with Crippen molar-refractivity contribution in [3.63, 3.8) is 0 Å². The molecule has 0 saturated heterocycles. The highest BCUT2D eigenvalue weighted by Crippen LogP contribution is 2.60. The summed E-state index contributed by atoms with van der Waals surface area (Å²) in [5, 5.41) is 0. The molecule has 0 aromatic heterocycles. The number of benzene rings is 1. The van der Waals surface area contributed by atoms with Crippen molar-refractivity contribution < 1.29 is 9.53 Å². The second-order valence-electron chi connectivity index (χ2n) is 10.2. The average molecular weight is 355 g/mol. The Morgan fingerprint density at radius 1 is 0.885 bits per heavy atom. The van der Waals surface area contributed by atoms with Gasteiger partial charge >= 0.3 is 5.97 Å². The van der Waals surface area contributed by atoms with E-state index in [1.807, 2.05) is 12.1 Å². The highest BCUT2D eigenvalue weighted by Gasteiger charge is 2.55. The third kappa shape index (κ3) is 3.21. The van der Waals surface area contributed by atoms with E-state index in [1.54, 1.807) is 0 Å². The smallest absolute Gasteiger partial charge is 0.317 e. The largest absolute Gasteiger partial charge is 0.426 e. The highest BCUT2D eigenvalue weighted by atomic mass is 16.5. The fourth-order valence-corrected chi connectivity index (χ4v) is 6.87. The Bertz CT molecular complexity index is 612. The van der Waals surface area contributed by atoms with Crippen LogP contribution in [0.25, 0.3) is 0 Å². The Morgan fingerprint density at radius 3 is 1.77 bits per heavy atom. The van der Waals surface area contributed by atoms with Crippen molar-refractivity contribution in [2.24, 2.45) is 35.0 Å². The van der Waals surface area contributed by atoms with Crippen LogP contribution in [-0.4, -0.2) is 5.97 Å². The zero-order valence-corrected chi connectivity index (χ0v) is 16.8. The Balaban J connectivity index is 1.47. The van der Waals surface area contributed by atoms with Crippen LogP contribution < -0.4 is 4.74 Å². The van der Waals surface area contributed by atoms with E-state index in [-0.39, 0.29) is 11.4 Å². The van der Waals surface area contributed by atoms with Gasteiger partial charge in [0.2, 0.25) is 0 Å². The Morgan fingerprint density at radius 2 is 1.35 bits per heavy atom. The van der Waals surface area contributed by atoms with Crippen LogP contribution in [0, 0.1) is 35.0 Å². The van der Waals surface area contributed by atoms with Gasteiger partial charge in [0.1, 0.15) is 5.75 Å². The predicted octanol–water partition coefficient (Wildman–Crippen LogP) is 6.20. The predicted molar refractivity (Wildman–Crippen MR) is 105 cm³/mol. The van der Waals surface area contributed by atoms with E-state index in [0.717, 1.165) is 42.8 Å². The second kappa shape index (κ2) is 6.69. The maximum absolute atomic E-state index is 13.1. The summed E-state index contributed by atoms with van der Waals surface area (Å²) in [7, 11) is 0. The van der Waals surface area contributed by atoms with Crippen molar-refractivity contribution in [1.29, 1.82) is 0 Å². The molecule has 1 aromatic rings. The van der Waals surface area contributed by atoms with Gasteiger partial charge in [0, 0.05) is 0 Å². The van der Waals surface area contributed by atoms with Gasteiger partial charge in [0.25, 0.3) is 0 Å². The van der Waals surface area contributed by atoms with Crippen molar-refractivity contribution in [3.05, 3.63) is 29.8 Å². The van der Waals surface area contributed by atoms with Crippen LogP contribution in [-0.2, 0) is 4.79 Å². The van der Waals surface area contributed by atoms with E-state index >= 15 is 0 Å². The molecule has 4 saturated carbocycles. The van der Waals surface area contributed by atoms with Crippen molar-refractivity contribution in [3.8, 4) is 5.75 Å². The molecule has 4 bridgehead atoms. The monoisotopic (exact) mass is 354 g/mol. The van der Waals surface area contributed by atoms with E-state index in [0.29, 0.717) is 17.8 Å². The lowest BCUT2D eigenvalue weighted by molar-refractivity contribution is -0.161. The van der Waals surface area contributed by atoms with Crippen molar-refractivity contribution in [2.75, 3.05) is 0 Å². The molecule has 0 atom stereocenters. The zero-order chi connectivity index (χ0) is 18.5. The molecule has 0 N–H and O–H groups in total. The normalized spacial score (nSPS) is 32.7. The third-order valence-electron chi connectivity index (χ3n) is 7.38. The van der Waals surface area contributed by atoms with E-state index in [2.05, 4.69) is 39.8 Å². The molecular formula is C24H34O2. The van der Waals surface area contributed by atoms with E-state index in [9.17, 15) is 4.79 Å². The summed E-state index contributed by atoms with van der Waals surface area (Å²) >= 11 is 0. The quantitative estimate of drug-likeness (QED) is 0.464. The Kier molecular flexibility index (Phi) is 4.65. The molecule has 1 aromatic carbocycles. The molecule has 4 aliphatic carbocycles. The van der Waals surface area contributed by atoms with Gasteiger partial charge in [-0.05, 0) is 91.7 Å². The molecule has 4 fully saturated rings. The summed E-state index contributed by atoms with van der Waals surface area (Å²) in [5.74, 6) is 4.85. The number of rotatable bonds is 5. The van der Waals surface area contributed by atoms with Crippen LogP contribution in [0.1, 0.15) is 77.7 Å². The van der Waals surface area contributed by atoms with Gasteiger partial charge in [0.05, 0.1) is 5.41 Å². The SMILES string of the molecule is CC(C)C(c1ccc(OC(=O)C23CC4CC(CC(C4)C2)C3)cc1)C(C)C. The second-order valence-corrected chi connectivity index (χ2v) is 10.2. The van der Waals surface area contributed by atoms with E-state index < -0.39 is 0 Å². The van der Waals surface area contributed by atoms with Crippen LogP contribution in [0.4, 0.5) is 0 Å². The summed E-state index contributed by atoms with van der Waals surface area (Å²) in [5.41, 5.74) is 1.18. The molecule has 0 radical (unpaired) electrons. The molecule has 0 heterocycles. The number of esters is 1. The summed E-state index contributed by atoms with van der Waals surface area (Å²) in [6.07, 6.45) is 7.27. The molecule has 142 valence electrons. The zero-order valence-electron chi connectivity index (χ0n) is 16.8. The van der Waals surface area contributed by atoms with Crippen LogP contribution in [0.2, 0.25) is 0 Å². The molecular weight excluding hydrogens is 320 g/mol. The average Bonchev–Trinajstić information content (AvgIpc) is 2.54. The first-order chi connectivity index (χ1) is 12.4. The Hall–Kier alpha value is -1.31. The molecule has 0 amide bonds. The molecule has 0 spiro atoms. The highest BCUT2D eigenvalue weighted by molar-refractivity contribution is 5.79. The van der Waals surface area contributed by atoms with Crippen LogP contribution in [0.3, 0.4) is 0 Å². The topological polar surface area (TPSA) is 26.3 Å².